The molecule has 0 atom stereocenters. The molecule has 13 heteroatoms. The number of amides is 2. The highest BCUT2D eigenvalue weighted by Gasteiger charge is 2.31. The lowest BCUT2D eigenvalue weighted by Crippen LogP contribution is -2.36. The van der Waals surface area contributed by atoms with Crippen LogP contribution < -0.4 is 20.3 Å². The number of aromatic nitrogens is 3. The van der Waals surface area contributed by atoms with Gasteiger partial charge in [0.25, 0.3) is 0 Å². The molecule has 0 aliphatic carbocycles. The molecule has 0 spiro atoms. The summed E-state index contributed by atoms with van der Waals surface area (Å²) in [5.41, 5.74) is 0.0948. The Hall–Kier alpha value is -3.90. The first-order valence-corrected chi connectivity index (χ1v) is 12.2. The third kappa shape index (κ3) is 5.92. The summed E-state index contributed by atoms with van der Waals surface area (Å²) in [6.07, 6.45) is 1.10. The molecule has 0 radical (unpaired) electrons. The van der Waals surface area contributed by atoms with E-state index in [1.54, 1.807) is 23.5 Å². The van der Waals surface area contributed by atoms with Crippen molar-refractivity contribution < 1.29 is 22.7 Å². The van der Waals surface area contributed by atoms with Crippen LogP contribution in [-0.2, 0) is 6.18 Å². The number of hydrogen-bond acceptors (Lipinski definition) is 7. The first kappa shape index (κ1) is 24.8. The molecule has 0 bridgehead atoms. The van der Waals surface area contributed by atoms with Gasteiger partial charge in [0.2, 0.25) is 0 Å². The molecule has 2 aromatic carbocycles. The Kier molecular flexibility index (Phi) is 6.85. The van der Waals surface area contributed by atoms with Gasteiger partial charge in [-0.15, -0.1) is 0 Å². The average Bonchev–Trinajstić information content (AvgIpc) is 3.30. The monoisotopic (exact) mass is 546 g/mol. The van der Waals surface area contributed by atoms with Crippen molar-refractivity contribution in [1.82, 2.24) is 15.0 Å². The van der Waals surface area contributed by atoms with Crippen LogP contribution in [-0.4, -0.2) is 34.1 Å². The highest BCUT2D eigenvalue weighted by Crippen LogP contribution is 2.35. The molecule has 2 amide bonds. The van der Waals surface area contributed by atoms with E-state index in [1.165, 1.54) is 18.8 Å². The molecule has 37 heavy (non-hydrogen) atoms. The minimum atomic E-state index is -4.57. The van der Waals surface area contributed by atoms with E-state index in [9.17, 15) is 18.0 Å². The Morgan fingerprint density at radius 1 is 1.00 bits per heavy atom. The number of thiazole rings is 1. The van der Waals surface area contributed by atoms with E-state index in [0.717, 1.165) is 46.9 Å². The Morgan fingerprint density at radius 3 is 2.38 bits per heavy atom. The van der Waals surface area contributed by atoms with Crippen LogP contribution in [0.4, 0.5) is 34.5 Å². The molecule has 2 aromatic heterocycles. The summed E-state index contributed by atoms with van der Waals surface area (Å²) in [7, 11) is 0. The van der Waals surface area contributed by atoms with E-state index in [-0.39, 0.29) is 22.4 Å². The zero-order chi connectivity index (χ0) is 26.0. The number of nitrogens with one attached hydrogen (secondary N) is 2. The molecule has 1 aliphatic rings. The number of urea groups is 1. The Morgan fingerprint density at radius 2 is 1.73 bits per heavy atom. The summed E-state index contributed by atoms with van der Waals surface area (Å²) < 4.78 is 44.4. The van der Waals surface area contributed by atoms with Gasteiger partial charge in [-0.2, -0.15) is 13.2 Å². The number of halogens is 4. The molecular formula is C24H18ClF3N6O2S. The molecule has 0 saturated carbocycles. The number of anilines is 3. The van der Waals surface area contributed by atoms with Crippen LogP contribution in [0.5, 0.6) is 11.8 Å². The van der Waals surface area contributed by atoms with Crippen molar-refractivity contribution in [3.05, 3.63) is 71.6 Å². The van der Waals surface area contributed by atoms with Crippen molar-refractivity contribution in [1.29, 1.82) is 0 Å². The number of carbonyl (C=O) groups excluding carboxylic acids is 1. The van der Waals surface area contributed by atoms with Crippen LogP contribution in [0.3, 0.4) is 0 Å². The topological polar surface area (TPSA) is 92.3 Å². The third-order valence-electron chi connectivity index (χ3n) is 5.40. The number of nitrogens with zero attached hydrogens (tertiary/aromatic N) is 4. The van der Waals surface area contributed by atoms with E-state index < -0.39 is 17.8 Å². The minimum absolute atomic E-state index is 0.0407. The number of benzene rings is 2. The van der Waals surface area contributed by atoms with E-state index in [4.69, 9.17) is 16.3 Å². The second kappa shape index (κ2) is 10.2. The molecule has 2 N–H and O–H groups in total. The number of rotatable bonds is 6. The van der Waals surface area contributed by atoms with E-state index >= 15 is 0 Å². The molecule has 1 saturated heterocycles. The molecule has 190 valence electrons. The minimum Gasteiger partial charge on any atom is -0.424 e. The van der Waals surface area contributed by atoms with Crippen LogP contribution in [0.2, 0.25) is 5.02 Å². The molecule has 0 unspecified atom stereocenters. The van der Waals surface area contributed by atoms with Crippen LogP contribution >= 0.6 is 22.9 Å². The fourth-order valence-corrected chi connectivity index (χ4v) is 4.50. The van der Waals surface area contributed by atoms with Gasteiger partial charge in [0.15, 0.2) is 5.13 Å². The third-order valence-corrected chi connectivity index (χ3v) is 6.83. The lowest BCUT2D eigenvalue weighted by molar-refractivity contribution is -0.137. The van der Waals surface area contributed by atoms with Crippen LogP contribution in [0.1, 0.15) is 12.0 Å². The lowest BCUT2D eigenvalue weighted by atomic mass is 10.2. The fraction of sp³-hybridized carbons (Fsp3) is 0.167. The van der Waals surface area contributed by atoms with Crippen molar-refractivity contribution in [2.24, 2.45) is 0 Å². The highest BCUT2D eigenvalue weighted by atomic mass is 35.5. The molecule has 3 heterocycles. The van der Waals surface area contributed by atoms with Gasteiger partial charge in [-0.05, 0) is 54.4 Å². The van der Waals surface area contributed by atoms with Crippen molar-refractivity contribution in [2.45, 2.75) is 12.6 Å². The van der Waals surface area contributed by atoms with Gasteiger partial charge in [0.1, 0.15) is 5.75 Å². The number of carbonyl (C=O) groups is 1. The summed E-state index contributed by atoms with van der Waals surface area (Å²) in [5.74, 6) is 0.522. The second-order valence-electron chi connectivity index (χ2n) is 8.00. The van der Waals surface area contributed by atoms with Crippen molar-refractivity contribution in [3.63, 3.8) is 0 Å². The largest absolute Gasteiger partial charge is 0.424 e. The van der Waals surface area contributed by atoms with Crippen LogP contribution in [0.15, 0.2) is 61.1 Å². The van der Waals surface area contributed by atoms with Crippen molar-refractivity contribution in [2.75, 3.05) is 28.6 Å². The average molecular weight is 547 g/mol. The van der Waals surface area contributed by atoms with Gasteiger partial charge < -0.3 is 20.3 Å². The lowest BCUT2D eigenvalue weighted by Gasteiger charge is -2.30. The highest BCUT2D eigenvalue weighted by molar-refractivity contribution is 7.18. The second-order valence-corrected chi connectivity index (χ2v) is 9.42. The SMILES string of the molecule is O=C(Nc1cnc(Oc2ccc(-c3cnc(N4CCC4)s3)cc2)nc1)Nc1cc(C(F)(F)F)ccc1Cl. The van der Waals surface area contributed by atoms with Gasteiger partial charge in [0, 0.05) is 19.3 Å². The van der Waals surface area contributed by atoms with Gasteiger partial charge in [0.05, 0.1) is 39.2 Å². The maximum atomic E-state index is 12.9. The Balaban J connectivity index is 1.17. The molecule has 8 nitrogen and oxygen atoms in total. The Labute approximate surface area is 218 Å². The quantitative estimate of drug-likeness (QED) is 0.273. The maximum absolute atomic E-state index is 12.9. The summed E-state index contributed by atoms with van der Waals surface area (Å²) >= 11 is 7.54. The normalized spacial score (nSPS) is 13.1. The standard InChI is InChI=1S/C24H18ClF3N6O2S/c25-18-7-4-15(24(26,27)28)10-19(18)33-21(35)32-16-11-29-22(30-12-16)36-17-5-2-14(3-6-17)20-13-31-23(37-20)34-8-1-9-34/h2-7,10-13H,1,8-9H2,(H2,32,33,35). The first-order chi connectivity index (χ1) is 17.7. The van der Waals surface area contributed by atoms with Gasteiger partial charge in [-0.25, -0.2) is 19.7 Å². The zero-order valence-corrected chi connectivity index (χ0v) is 20.5. The number of alkyl halides is 3. The maximum Gasteiger partial charge on any atom is 0.416 e. The van der Waals surface area contributed by atoms with Crippen molar-refractivity contribution in [3.8, 4) is 22.2 Å². The van der Waals surface area contributed by atoms with E-state index in [2.05, 4.69) is 30.5 Å². The first-order valence-electron chi connectivity index (χ1n) is 11.0. The molecule has 4 aromatic rings. The van der Waals surface area contributed by atoms with Crippen LogP contribution in [0, 0.1) is 0 Å². The van der Waals surface area contributed by atoms with Gasteiger partial charge >= 0.3 is 18.2 Å². The van der Waals surface area contributed by atoms with Gasteiger partial charge in [-0.1, -0.05) is 22.9 Å². The van der Waals surface area contributed by atoms with E-state index in [1.807, 2.05) is 18.3 Å². The predicted octanol–water partition coefficient (Wildman–Crippen LogP) is 6.92. The summed E-state index contributed by atoms with van der Waals surface area (Å²) in [4.78, 5) is 28.1. The fourth-order valence-electron chi connectivity index (χ4n) is 3.36. The molecular weight excluding hydrogens is 529 g/mol. The van der Waals surface area contributed by atoms with E-state index in [0.29, 0.717) is 5.75 Å². The zero-order valence-electron chi connectivity index (χ0n) is 18.9. The van der Waals surface area contributed by atoms with Crippen LogP contribution in [0.25, 0.3) is 10.4 Å². The smallest absolute Gasteiger partial charge is 0.416 e. The summed E-state index contributed by atoms with van der Waals surface area (Å²) in [5, 5.41) is 5.70. The predicted molar refractivity (Wildman–Crippen MR) is 136 cm³/mol. The summed E-state index contributed by atoms with van der Waals surface area (Å²) in [6, 6.07) is 9.30. The Bertz CT molecular complexity index is 1410. The molecule has 1 fully saturated rings. The summed E-state index contributed by atoms with van der Waals surface area (Å²) in [6.45, 7) is 2.09. The number of hydrogen-bond donors (Lipinski definition) is 2. The van der Waals surface area contributed by atoms with Gasteiger partial charge in [-0.3, -0.25) is 0 Å². The van der Waals surface area contributed by atoms with Crippen molar-refractivity contribution >= 4 is 45.5 Å². The number of ether oxygens (including phenoxy) is 1. The molecule has 1 aliphatic heterocycles. The molecule has 5 rings (SSSR count).